The van der Waals surface area contributed by atoms with Crippen molar-refractivity contribution in [3.63, 3.8) is 0 Å². The molecule has 4 nitrogen and oxygen atoms in total. The van der Waals surface area contributed by atoms with E-state index in [1.165, 1.54) is 0 Å². The van der Waals surface area contributed by atoms with Crippen LogP contribution >= 0.6 is 15.9 Å². The Morgan fingerprint density at radius 1 is 1.39 bits per heavy atom. The third-order valence-electron chi connectivity index (χ3n) is 2.35. The van der Waals surface area contributed by atoms with Gasteiger partial charge in [-0.3, -0.25) is 0 Å². The van der Waals surface area contributed by atoms with E-state index < -0.39 is 6.10 Å². The number of aliphatic hydroxyl groups excluding tert-OH is 2. The van der Waals surface area contributed by atoms with Gasteiger partial charge in [-0.05, 0) is 33.6 Å². The van der Waals surface area contributed by atoms with Crippen LogP contribution in [-0.4, -0.2) is 35.6 Å². The summed E-state index contributed by atoms with van der Waals surface area (Å²) in [5.41, 5.74) is 1.16. The van der Waals surface area contributed by atoms with E-state index in [1.807, 2.05) is 18.2 Å². The molecule has 0 radical (unpaired) electrons. The molecule has 0 fully saturated rings. The number of halogens is 1. The highest BCUT2D eigenvalue weighted by atomic mass is 79.9. The molecule has 1 unspecified atom stereocenters. The zero-order valence-electron chi connectivity index (χ0n) is 10.7. The van der Waals surface area contributed by atoms with Gasteiger partial charge in [0, 0.05) is 12.6 Å². The Labute approximate surface area is 116 Å². The van der Waals surface area contributed by atoms with Gasteiger partial charge in [0.2, 0.25) is 0 Å². The smallest absolute Gasteiger partial charge is 0.133 e. The molecule has 18 heavy (non-hydrogen) atoms. The molecule has 0 aliphatic carbocycles. The standard InChI is InChI=1S/C13H20BrNO3/c1-9(2)15-6-10-3-4-13(12(14)5-10)18-8-11(17)7-16/h3-5,9,11,15-17H,6-8H2,1-2H3. The third-order valence-corrected chi connectivity index (χ3v) is 2.97. The summed E-state index contributed by atoms with van der Waals surface area (Å²) in [5.74, 6) is 0.663. The SMILES string of the molecule is CC(C)NCc1ccc(OCC(O)CO)c(Br)c1. The van der Waals surface area contributed by atoms with Crippen LogP contribution in [0.5, 0.6) is 5.75 Å². The summed E-state index contributed by atoms with van der Waals surface area (Å²) < 4.78 is 6.24. The maximum absolute atomic E-state index is 9.21. The Balaban J connectivity index is 2.56. The van der Waals surface area contributed by atoms with E-state index in [0.717, 1.165) is 16.6 Å². The molecule has 0 aromatic heterocycles. The fourth-order valence-corrected chi connectivity index (χ4v) is 1.87. The molecule has 1 atom stereocenters. The van der Waals surface area contributed by atoms with Gasteiger partial charge in [-0.15, -0.1) is 0 Å². The number of hydrogen-bond acceptors (Lipinski definition) is 4. The molecule has 1 aromatic carbocycles. The van der Waals surface area contributed by atoms with Crippen molar-refractivity contribution in [3.8, 4) is 5.75 Å². The number of hydrogen-bond donors (Lipinski definition) is 3. The molecule has 0 heterocycles. The molecule has 102 valence electrons. The summed E-state index contributed by atoms with van der Waals surface area (Å²) in [6, 6.07) is 6.25. The maximum atomic E-state index is 9.21. The molecule has 0 bridgehead atoms. The molecule has 0 aliphatic heterocycles. The number of ether oxygens (including phenoxy) is 1. The fraction of sp³-hybridized carbons (Fsp3) is 0.538. The van der Waals surface area contributed by atoms with Crippen LogP contribution in [0.1, 0.15) is 19.4 Å². The van der Waals surface area contributed by atoms with Gasteiger partial charge >= 0.3 is 0 Å². The average Bonchev–Trinajstić information content (AvgIpc) is 2.34. The van der Waals surface area contributed by atoms with Crippen LogP contribution in [0.4, 0.5) is 0 Å². The molecular formula is C13H20BrNO3. The normalized spacial score (nSPS) is 12.8. The largest absolute Gasteiger partial charge is 0.490 e. The van der Waals surface area contributed by atoms with E-state index in [0.29, 0.717) is 11.8 Å². The quantitative estimate of drug-likeness (QED) is 0.716. The van der Waals surface area contributed by atoms with Gasteiger partial charge in [0.05, 0.1) is 11.1 Å². The van der Waals surface area contributed by atoms with E-state index >= 15 is 0 Å². The minimum absolute atomic E-state index is 0.0820. The first-order valence-corrected chi connectivity index (χ1v) is 6.75. The lowest BCUT2D eigenvalue weighted by atomic mass is 10.2. The highest BCUT2D eigenvalue weighted by molar-refractivity contribution is 9.10. The predicted octanol–water partition coefficient (Wildman–Crippen LogP) is 1.68. The van der Waals surface area contributed by atoms with Gasteiger partial charge in [0.15, 0.2) is 0 Å². The van der Waals surface area contributed by atoms with E-state index in [4.69, 9.17) is 9.84 Å². The minimum Gasteiger partial charge on any atom is -0.490 e. The Kier molecular flexibility index (Phi) is 6.63. The molecule has 1 rings (SSSR count). The molecule has 0 saturated heterocycles. The van der Waals surface area contributed by atoms with Crippen LogP contribution in [-0.2, 0) is 6.54 Å². The maximum Gasteiger partial charge on any atom is 0.133 e. The van der Waals surface area contributed by atoms with Crippen LogP contribution in [0.2, 0.25) is 0 Å². The van der Waals surface area contributed by atoms with Crippen LogP contribution in [0.3, 0.4) is 0 Å². The van der Waals surface area contributed by atoms with Crippen LogP contribution in [0, 0.1) is 0 Å². The first-order chi connectivity index (χ1) is 8.52. The first-order valence-electron chi connectivity index (χ1n) is 5.96. The molecule has 0 spiro atoms. The highest BCUT2D eigenvalue weighted by Crippen LogP contribution is 2.26. The number of nitrogens with one attached hydrogen (secondary N) is 1. The van der Waals surface area contributed by atoms with Crippen molar-refractivity contribution in [1.82, 2.24) is 5.32 Å². The highest BCUT2D eigenvalue weighted by Gasteiger charge is 2.07. The Bertz CT molecular complexity index is 371. The Hall–Kier alpha value is -0.620. The van der Waals surface area contributed by atoms with Crippen molar-refractivity contribution >= 4 is 15.9 Å². The molecule has 3 N–H and O–H groups in total. The van der Waals surface area contributed by atoms with Crippen LogP contribution < -0.4 is 10.1 Å². The first kappa shape index (κ1) is 15.4. The van der Waals surface area contributed by atoms with E-state index in [9.17, 15) is 5.11 Å². The Morgan fingerprint density at radius 3 is 2.67 bits per heavy atom. The molecule has 5 heteroatoms. The van der Waals surface area contributed by atoms with E-state index in [2.05, 4.69) is 35.1 Å². The van der Waals surface area contributed by atoms with Gasteiger partial charge in [0.25, 0.3) is 0 Å². The van der Waals surface area contributed by atoms with E-state index in [1.54, 1.807) is 0 Å². The molecule has 0 amide bonds. The number of aliphatic hydroxyl groups is 2. The lowest BCUT2D eigenvalue weighted by Crippen LogP contribution is -2.22. The number of rotatable bonds is 7. The second kappa shape index (κ2) is 7.74. The molecular weight excluding hydrogens is 298 g/mol. The van der Waals surface area contributed by atoms with Gasteiger partial charge < -0.3 is 20.3 Å². The number of benzene rings is 1. The zero-order chi connectivity index (χ0) is 13.5. The van der Waals surface area contributed by atoms with Crippen molar-refractivity contribution < 1.29 is 14.9 Å². The van der Waals surface area contributed by atoms with Gasteiger partial charge in [-0.25, -0.2) is 0 Å². The fourth-order valence-electron chi connectivity index (χ4n) is 1.33. The van der Waals surface area contributed by atoms with Crippen LogP contribution in [0.25, 0.3) is 0 Å². The summed E-state index contributed by atoms with van der Waals surface area (Å²) in [5, 5.41) is 21.2. The Morgan fingerprint density at radius 2 is 2.11 bits per heavy atom. The van der Waals surface area contributed by atoms with Crippen LogP contribution in [0.15, 0.2) is 22.7 Å². The predicted molar refractivity (Wildman–Crippen MR) is 74.7 cm³/mol. The van der Waals surface area contributed by atoms with Crippen molar-refractivity contribution in [2.75, 3.05) is 13.2 Å². The average molecular weight is 318 g/mol. The monoisotopic (exact) mass is 317 g/mol. The molecule has 0 aliphatic rings. The second-order valence-corrected chi connectivity index (χ2v) is 5.30. The topological polar surface area (TPSA) is 61.7 Å². The zero-order valence-corrected chi connectivity index (χ0v) is 12.3. The molecule has 1 aromatic rings. The third kappa shape index (κ3) is 5.35. The van der Waals surface area contributed by atoms with Crippen molar-refractivity contribution in [2.24, 2.45) is 0 Å². The van der Waals surface area contributed by atoms with E-state index in [-0.39, 0.29) is 13.2 Å². The minimum atomic E-state index is -0.848. The summed E-state index contributed by atoms with van der Waals surface area (Å²) in [4.78, 5) is 0. The van der Waals surface area contributed by atoms with Gasteiger partial charge in [-0.1, -0.05) is 19.9 Å². The summed E-state index contributed by atoms with van der Waals surface area (Å²) in [6.07, 6.45) is -0.848. The van der Waals surface area contributed by atoms with Gasteiger partial charge in [-0.2, -0.15) is 0 Å². The van der Waals surface area contributed by atoms with Crippen molar-refractivity contribution in [2.45, 2.75) is 32.5 Å². The lowest BCUT2D eigenvalue weighted by Gasteiger charge is -2.13. The summed E-state index contributed by atoms with van der Waals surface area (Å²) in [6.45, 7) is 4.79. The molecule has 0 saturated carbocycles. The summed E-state index contributed by atoms with van der Waals surface area (Å²) >= 11 is 3.43. The second-order valence-electron chi connectivity index (χ2n) is 4.45. The van der Waals surface area contributed by atoms with Crippen molar-refractivity contribution in [1.29, 1.82) is 0 Å². The summed E-state index contributed by atoms with van der Waals surface area (Å²) in [7, 11) is 0. The van der Waals surface area contributed by atoms with Crippen molar-refractivity contribution in [3.05, 3.63) is 28.2 Å². The lowest BCUT2D eigenvalue weighted by molar-refractivity contribution is 0.0533. The van der Waals surface area contributed by atoms with Gasteiger partial charge in [0.1, 0.15) is 18.5 Å².